The van der Waals surface area contributed by atoms with E-state index in [2.05, 4.69) is 55.4 Å². The number of likely N-dealkylation sites (tertiary alicyclic amines) is 1. The molecule has 0 aromatic rings. The minimum atomic E-state index is 0.0203. The lowest BCUT2D eigenvalue weighted by Crippen LogP contribution is -2.54. The first kappa shape index (κ1) is 29.4. The fourth-order valence-electron chi connectivity index (χ4n) is 8.04. The highest BCUT2D eigenvalue weighted by Gasteiger charge is 2.41. The molecule has 2 aliphatic carbocycles. The van der Waals surface area contributed by atoms with Crippen LogP contribution in [0.4, 0.5) is 0 Å². The van der Waals surface area contributed by atoms with Gasteiger partial charge in [0, 0.05) is 37.7 Å². The molecule has 0 bridgehead atoms. The van der Waals surface area contributed by atoms with Crippen LogP contribution >= 0.6 is 11.6 Å². The molecule has 0 spiro atoms. The molecular weight excluding hydrogens is 482 g/mol. The topological polar surface area (TPSA) is 64.6 Å². The summed E-state index contributed by atoms with van der Waals surface area (Å²) < 4.78 is 0. The first-order valence-corrected chi connectivity index (χ1v) is 15.8. The van der Waals surface area contributed by atoms with Crippen LogP contribution in [0.3, 0.4) is 0 Å². The number of carbonyl (C=O) groups excluding carboxylic acids is 1. The van der Waals surface area contributed by atoms with Gasteiger partial charge in [-0.15, -0.1) is 11.6 Å². The summed E-state index contributed by atoms with van der Waals surface area (Å²) in [7, 11) is 0. The Morgan fingerprint density at radius 1 is 1.14 bits per heavy atom. The zero-order valence-electron chi connectivity index (χ0n) is 23.9. The smallest absolute Gasteiger partial charge is 0.223 e. The Bertz CT molecular complexity index is 766. The summed E-state index contributed by atoms with van der Waals surface area (Å²) >= 11 is 6.32. The first-order chi connectivity index (χ1) is 17.7. The number of nitrogens with one attached hydrogen (secondary N) is 2. The highest BCUT2D eigenvalue weighted by molar-refractivity contribution is 6.21. The van der Waals surface area contributed by atoms with Crippen molar-refractivity contribution in [2.45, 2.75) is 103 Å². The Morgan fingerprint density at radius 3 is 2.57 bits per heavy atom. The predicted octanol–water partition coefficient (Wildman–Crippen LogP) is 5.22. The second-order valence-electron chi connectivity index (χ2n) is 13.9. The number of amides is 1. The van der Waals surface area contributed by atoms with Crippen molar-refractivity contribution in [1.82, 2.24) is 15.5 Å². The maximum atomic E-state index is 13.6. The van der Waals surface area contributed by atoms with Gasteiger partial charge in [-0.3, -0.25) is 4.79 Å². The van der Waals surface area contributed by atoms with Crippen molar-refractivity contribution in [2.75, 3.05) is 32.8 Å². The van der Waals surface area contributed by atoms with Crippen LogP contribution in [0, 0.1) is 40.9 Å². The SMILES string of the molecule is CC(C)[C@H](CN1CCC(C2C=CC(Cl)CC2)C(C)(C)C1)NC(=O)C1CC(CO)CC(C2CCCCN2)C1. The molecule has 4 aliphatic rings. The number of allylic oxidation sites excluding steroid dienone is 2. The number of piperidine rings is 2. The molecule has 5 nitrogen and oxygen atoms in total. The second-order valence-corrected chi connectivity index (χ2v) is 14.4. The number of carbonyl (C=O) groups is 1. The zero-order chi connectivity index (χ0) is 26.6. The number of hydrogen-bond donors (Lipinski definition) is 3. The Kier molecular flexibility index (Phi) is 10.4. The molecule has 37 heavy (non-hydrogen) atoms. The molecule has 1 amide bonds. The highest BCUT2D eigenvalue weighted by atomic mass is 35.5. The number of aliphatic hydroxyl groups excluding tert-OH is 1. The van der Waals surface area contributed by atoms with Crippen LogP contribution in [0.2, 0.25) is 0 Å². The molecule has 6 heteroatoms. The minimum absolute atomic E-state index is 0.0203. The third-order valence-electron chi connectivity index (χ3n) is 10.2. The van der Waals surface area contributed by atoms with Gasteiger partial charge >= 0.3 is 0 Å². The van der Waals surface area contributed by atoms with Gasteiger partial charge in [0.05, 0.1) is 5.38 Å². The van der Waals surface area contributed by atoms with Gasteiger partial charge in [0.2, 0.25) is 5.91 Å². The van der Waals surface area contributed by atoms with E-state index >= 15 is 0 Å². The van der Waals surface area contributed by atoms with Gasteiger partial charge in [-0.25, -0.2) is 0 Å². The van der Waals surface area contributed by atoms with Gasteiger partial charge in [-0.1, -0.05) is 46.3 Å². The summed E-state index contributed by atoms with van der Waals surface area (Å²) in [4.78, 5) is 16.2. The van der Waals surface area contributed by atoms with E-state index in [1.54, 1.807) is 0 Å². The normalized spacial score (nSPS) is 37.9. The number of rotatable bonds is 8. The van der Waals surface area contributed by atoms with Crippen LogP contribution in [0.25, 0.3) is 0 Å². The first-order valence-electron chi connectivity index (χ1n) is 15.4. The van der Waals surface area contributed by atoms with Gasteiger partial charge < -0.3 is 20.6 Å². The van der Waals surface area contributed by atoms with Crippen LogP contribution in [0.15, 0.2) is 12.2 Å². The van der Waals surface area contributed by atoms with Gasteiger partial charge in [-0.05, 0) is 99.5 Å². The van der Waals surface area contributed by atoms with E-state index in [0.29, 0.717) is 29.7 Å². The quantitative estimate of drug-likeness (QED) is 0.294. The lowest BCUT2D eigenvalue weighted by atomic mass is 9.65. The van der Waals surface area contributed by atoms with Crippen LogP contribution in [0.5, 0.6) is 0 Å². The summed E-state index contributed by atoms with van der Waals surface area (Å²) in [6, 6.07) is 0.671. The summed E-state index contributed by atoms with van der Waals surface area (Å²) in [6.45, 7) is 13.8. The monoisotopic (exact) mass is 535 g/mol. The highest BCUT2D eigenvalue weighted by Crippen LogP contribution is 2.44. The van der Waals surface area contributed by atoms with E-state index in [1.807, 2.05) is 0 Å². The molecule has 1 saturated carbocycles. The average molecular weight is 536 g/mol. The van der Waals surface area contributed by atoms with E-state index in [4.69, 9.17) is 11.6 Å². The van der Waals surface area contributed by atoms with Crippen molar-refractivity contribution < 1.29 is 9.90 Å². The van der Waals surface area contributed by atoms with Crippen LogP contribution in [-0.2, 0) is 4.79 Å². The van der Waals surface area contributed by atoms with Gasteiger partial charge in [0.1, 0.15) is 0 Å². The Morgan fingerprint density at radius 2 is 1.95 bits per heavy atom. The van der Waals surface area contributed by atoms with Gasteiger partial charge in [-0.2, -0.15) is 0 Å². The number of hydrogen-bond acceptors (Lipinski definition) is 4. The standard InChI is InChI=1S/C31H54ClN3O2/c1-21(2)29(18-35-14-12-27(31(3,4)20-35)23-8-10-26(32)11-9-23)34-30(37)25-16-22(19-36)15-24(17-25)28-7-5-6-13-33-28/h8,10,21-29,33,36H,5-7,9,11-20H2,1-4H3,(H,34,37)/t22?,23?,24?,25?,26?,27?,28?,29-/m0/s1. The van der Waals surface area contributed by atoms with Crippen LogP contribution in [-0.4, -0.2) is 66.2 Å². The Hall–Kier alpha value is -0.620. The fourth-order valence-corrected chi connectivity index (χ4v) is 8.25. The zero-order valence-corrected chi connectivity index (χ0v) is 24.7. The molecule has 8 atom stereocenters. The molecular formula is C31H54ClN3O2. The number of alkyl halides is 1. The Balaban J connectivity index is 1.34. The van der Waals surface area contributed by atoms with Crippen molar-refractivity contribution in [2.24, 2.45) is 40.9 Å². The summed E-state index contributed by atoms with van der Waals surface area (Å²) in [5.74, 6) is 2.71. The number of aliphatic hydroxyl groups is 1. The van der Waals surface area contributed by atoms with Gasteiger partial charge in [0.15, 0.2) is 0 Å². The molecule has 2 aliphatic heterocycles. The van der Waals surface area contributed by atoms with Crippen molar-refractivity contribution in [3.8, 4) is 0 Å². The molecule has 0 aromatic carbocycles. The Labute approximate surface area is 231 Å². The van der Waals surface area contributed by atoms with E-state index in [-0.39, 0.29) is 41.2 Å². The van der Waals surface area contributed by atoms with E-state index in [1.165, 1.54) is 32.1 Å². The maximum Gasteiger partial charge on any atom is 0.223 e. The molecule has 0 aromatic heterocycles. The summed E-state index contributed by atoms with van der Waals surface area (Å²) in [5, 5.41) is 17.4. The molecule has 7 unspecified atom stereocenters. The molecule has 4 rings (SSSR count). The number of halogens is 1. The van der Waals surface area contributed by atoms with Crippen LogP contribution < -0.4 is 10.6 Å². The number of nitrogens with zero attached hydrogens (tertiary/aromatic N) is 1. The third-order valence-corrected chi connectivity index (χ3v) is 10.6. The van der Waals surface area contributed by atoms with Gasteiger partial charge in [0.25, 0.3) is 0 Å². The second kappa shape index (κ2) is 13.2. The minimum Gasteiger partial charge on any atom is -0.396 e. The van der Waals surface area contributed by atoms with E-state index < -0.39 is 0 Å². The van der Waals surface area contributed by atoms with E-state index in [0.717, 1.165) is 51.9 Å². The van der Waals surface area contributed by atoms with Crippen LogP contribution in [0.1, 0.15) is 85.5 Å². The third kappa shape index (κ3) is 7.74. The summed E-state index contributed by atoms with van der Waals surface area (Å²) in [5.41, 5.74) is 0.246. The maximum absolute atomic E-state index is 13.6. The summed E-state index contributed by atoms with van der Waals surface area (Å²) in [6.07, 6.45) is 14.7. The molecule has 0 radical (unpaired) electrons. The van der Waals surface area contributed by atoms with E-state index in [9.17, 15) is 9.90 Å². The lowest BCUT2D eigenvalue weighted by molar-refractivity contribution is -0.129. The molecule has 2 heterocycles. The molecule has 3 N–H and O–H groups in total. The lowest BCUT2D eigenvalue weighted by Gasteiger charge is -2.48. The fraction of sp³-hybridized carbons (Fsp3) is 0.903. The van der Waals surface area contributed by atoms with Crippen molar-refractivity contribution >= 4 is 17.5 Å². The molecule has 2 saturated heterocycles. The van der Waals surface area contributed by atoms with Crippen molar-refractivity contribution in [3.05, 3.63) is 12.2 Å². The van der Waals surface area contributed by atoms with Crippen molar-refractivity contribution in [1.29, 1.82) is 0 Å². The largest absolute Gasteiger partial charge is 0.396 e. The molecule has 212 valence electrons. The predicted molar refractivity (Wildman–Crippen MR) is 154 cm³/mol. The average Bonchev–Trinajstić information content (AvgIpc) is 2.88. The van der Waals surface area contributed by atoms with Crippen molar-refractivity contribution in [3.63, 3.8) is 0 Å². The molecule has 3 fully saturated rings.